The molecule has 0 spiro atoms. The SMILES string of the molecule is N#CCc1c(-c2ccc(Cl)cc2)nc2ccc3ccccc3n12. The molecule has 0 aliphatic heterocycles. The van der Waals surface area contributed by atoms with Crippen LogP contribution in [-0.2, 0) is 6.42 Å². The summed E-state index contributed by atoms with van der Waals surface area (Å²) < 4.78 is 2.07. The van der Waals surface area contributed by atoms with E-state index in [2.05, 4.69) is 28.7 Å². The molecular formula is C19H12ClN3. The lowest BCUT2D eigenvalue weighted by molar-refractivity contribution is 1.10. The maximum absolute atomic E-state index is 9.27. The van der Waals surface area contributed by atoms with Crippen molar-refractivity contribution in [1.82, 2.24) is 9.38 Å². The van der Waals surface area contributed by atoms with Gasteiger partial charge >= 0.3 is 0 Å². The van der Waals surface area contributed by atoms with Crippen LogP contribution in [-0.4, -0.2) is 9.38 Å². The smallest absolute Gasteiger partial charge is 0.138 e. The lowest BCUT2D eigenvalue weighted by atomic mass is 10.1. The van der Waals surface area contributed by atoms with Gasteiger partial charge in [0.15, 0.2) is 0 Å². The summed E-state index contributed by atoms with van der Waals surface area (Å²) in [5.41, 5.74) is 4.61. The van der Waals surface area contributed by atoms with Gasteiger partial charge < -0.3 is 0 Å². The molecule has 0 saturated heterocycles. The van der Waals surface area contributed by atoms with E-state index < -0.39 is 0 Å². The summed E-state index contributed by atoms with van der Waals surface area (Å²) in [6, 6.07) is 22.0. The molecule has 0 amide bonds. The van der Waals surface area contributed by atoms with Gasteiger partial charge in [-0.1, -0.05) is 41.9 Å². The van der Waals surface area contributed by atoms with Crippen LogP contribution in [0.4, 0.5) is 0 Å². The van der Waals surface area contributed by atoms with E-state index >= 15 is 0 Å². The highest BCUT2D eigenvalue weighted by molar-refractivity contribution is 6.30. The van der Waals surface area contributed by atoms with E-state index in [-0.39, 0.29) is 0 Å². The Morgan fingerprint density at radius 2 is 1.78 bits per heavy atom. The number of nitriles is 1. The molecule has 0 fully saturated rings. The molecular weight excluding hydrogens is 306 g/mol. The number of imidazole rings is 1. The molecule has 0 bridgehead atoms. The third-order valence-corrected chi connectivity index (χ3v) is 4.20. The van der Waals surface area contributed by atoms with Crippen molar-refractivity contribution in [1.29, 1.82) is 5.26 Å². The monoisotopic (exact) mass is 317 g/mol. The minimum Gasteiger partial charge on any atom is -0.295 e. The molecule has 0 N–H and O–H groups in total. The zero-order chi connectivity index (χ0) is 15.8. The highest BCUT2D eigenvalue weighted by Gasteiger charge is 2.15. The van der Waals surface area contributed by atoms with Crippen molar-refractivity contribution in [3.05, 3.63) is 71.4 Å². The normalized spacial score (nSPS) is 11.0. The topological polar surface area (TPSA) is 41.1 Å². The van der Waals surface area contributed by atoms with Crippen LogP contribution in [0.1, 0.15) is 5.69 Å². The molecule has 4 aromatic rings. The lowest BCUT2D eigenvalue weighted by Crippen LogP contribution is -1.95. The van der Waals surface area contributed by atoms with Gasteiger partial charge in [0.1, 0.15) is 5.65 Å². The van der Waals surface area contributed by atoms with Crippen molar-refractivity contribution in [3.63, 3.8) is 0 Å². The summed E-state index contributed by atoms with van der Waals surface area (Å²) in [7, 11) is 0. The molecule has 110 valence electrons. The number of aromatic nitrogens is 2. The average Bonchev–Trinajstić information content (AvgIpc) is 2.95. The molecule has 0 unspecified atom stereocenters. The van der Waals surface area contributed by atoms with Crippen molar-refractivity contribution in [2.75, 3.05) is 0 Å². The number of para-hydroxylation sites is 1. The van der Waals surface area contributed by atoms with Crippen molar-refractivity contribution < 1.29 is 0 Å². The largest absolute Gasteiger partial charge is 0.295 e. The number of pyridine rings is 1. The first-order valence-electron chi connectivity index (χ1n) is 7.30. The molecule has 4 rings (SSSR count). The minimum absolute atomic E-state index is 0.299. The van der Waals surface area contributed by atoms with Crippen LogP contribution in [0.25, 0.3) is 27.8 Å². The summed E-state index contributed by atoms with van der Waals surface area (Å²) in [4.78, 5) is 4.75. The van der Waals surface area contributed by atoms with Crippen LogP contribution in [0.2, 0.25) is 5.02 Å². The van der Waals surface area contributed by atoms with E-state index in [1.165, 1.54) is 0 Å². The fraction of sp³-hybridized carbons (Fsp3) is 0.0526. The number of hydrogen-bond donors (Lipinski definition) is 0. The Bertz CT molecular complexity index is 1060. The van der Waals surface area contributed by atoms with Gasteiger partial charge in [0.2, 0.25) is 0 Å². The first-order valence-corrected chi connectivity index (χ1v) is 7.68. The van der Waals surface area contributed by atoms with E-state index in [1.54, 1.807) is 0 Å². The van der Waals surface area contributed by atoms with Gasteiger partial charge in [-0.25, -0.2) is 4.98 Å². The van der Waals surface area contributed by atoms with Gasteiger partial charge in [-0.15, -0.1) is 0 Å². The molecule has 4 heteroatoms. The third kappa shape index (κ3) is 2.25. The van der Waals surface area contributed by atoms with Crippen LogP contribution in [0.3, 0.4) is 0 Å². The average molecular weight is 318 g/mol. The standard InChI is InChI=1S/C19H12ClN3/c20-15-8-5-14(6-9-15)19-17(11-12-21)23-16-4-2-1-3-13(16)7-10-18(23)22-19/h1-10H,11H2. The van der Waals surface area contributed by atoms with Crippen molar-refractivity contribution >= 4 is 28.2 Å². The van der Waals surface area contributed by atoms with E-state index in [9.17, 15) is 5.26 Å². The molecule has 2 aromatic carbocycles. The van der Waals surface area contributed by atoms with E-state index in [0.717, 1.165) is 33.5 Å². The molecule has 2 aromatic heterocycles. The summed E-state index contributed by atoms with van der Waals surface area (Å²) >= 11 is 5.98. The zero-order valence-corrected chi connectivity index (χ0v) is 13.0. The second-order valence-corrected chi connectivity index (χ2v) is 5.77. The quantitative estimate of drug-likeness (QED) is 0.529. The first kappa shape index (κ1) is 13.8. The summed E-state index contributed by atoms with van der Waals surface area (Å²) in [5.74, 6) is 0. The molecule has 2 heterocycles. The predicted molar refractivity (Wildman–Crippen MR) is 92.5 cm³/mol. The Labute approximate surface area is 138 Å². The summed E-state index contributed by atoms with van der Waals surface area (Å²) in [6.07, 6.45) is 0.299. The summed E-state index contributed by atoms with van der Waals surface area (Å²) in [5, 5.41) is 11.1. The van der Waals surface area contributed by atoms with Gasteiger partial charge in [-0.05, 0) is 35.7 Å². The van der Waals surface area contributed by atoms with Crippen molar-refractivity contribution in [2.24, 2.45) is 0 Å². The van der Waals surface area contributed by atoms with Crippen LogP contribution in [0, 0.1) is 11.3 Å². The van der Waals surface area contributed by atoms with Gasteiger partial charge in [0, 0.05) is 10.6 Å². The first-order chi connectivity index (χ1) is 11.3. The lowest BCUT2D eigenvalue weighted by Gasteiger charge is -2.05. The molecule has 0 atom stereocenters. The van der Waals surface area contributed by atoms with Crippen LogP contribution < -0.4 is 0 Å². The number of benzene rings is 2. The van der Waals surface area contributed by atoms with Crippen molar-refractivity contribution in [2.45, 2.75) is 6.42 Å². The fourth-order valence-electron chi connectivity index (χ4n) is 2.93. The molecule has 0 radical (unpaired) electrons. The Kier molecular flexibility index (Phi) is 3.25. The Balaban J connectivity index is 2.09. The Morgan fingerprint density at radius 1 is 1.00 bits per heavy atom. The second-order valence-electron chi connectivity index (χ2n) is 5.33. The van der Waals surface area contributed by atoms with Gasteiger partial charge in [-0.3, -0.25) is 4.40 Å². The molecule has 0 aliphatic carbocycles. The maximum atomic E-state index is 9.27. The van der Waals surface area contributed by atoms with Gasteiger partial charge in [0.05, 0.1) is 29.4 Å². The highest BCUT2D eigenvalue weighted by atomic mass is 35.5. The number of nitrogens with zero attached hydrogens (tertiary/aromatic N) is 3. The van der Waals surface area contributed by atoms with E-state index in [0.29, 0.717) is 11.4 Å². The van der Waals surface area contributed by atoms with Crippen LogP contribution in [0.5, 0.6) is 0 Å². The Morgan fingerprint density at radius 3 is 2.57 bits per heavy atom. The third-order valence-electron chi connectivity index (χ3n) is 3.95. The minimum atomic E-state index is 0.299. The fourth-order valence-corrected chi connectivity index (χ4v) is 3.05. The molecule has 0 saturated carbocycles. The second kappa shape index (κ2) is 5.42. The van der Waals surface area contributed by atoms with Crippen LogP contribution in [0.15, 0.2) is 60.7 Å². The number of halogens is 1. The predicted octanol–water partition coefficient (Wildman–Crippen LogP) is 4.87. The van der Waals surface area contributed by atoms with E-state index in [4.69, 9.17) is 16.6 Å². The molecule has 0 aliphatic rings. The molecule has 23 heavy (non-hydrogen) atoms. The number of fused-ring (bicyclic) bond motifs is 3. The van der Waals surface area contributed by atoms with Gasteiger partial charge in [-0.2, -0.15) is 5.26 Å². The Hall–Kier alpha value is -2.83. The number of hydrogen-bond acceptors (Lipinski definition) is 2. The van der Waals surface area contributed by atoms with Crippen molar-refractivity contribution in [3.8, 4) is 17.3 Å². The van der Waals surface area contributed by atoms with Crippen LogP contribution >= 0.6 is 11.6 Å². The molecule has 3 nitrogen and oxygen atoms in total. The summed E-state index contributed by atoms with van der Waals surface area (Å²) in [6.45, 7) is 0. The maximum Gasteiger partial charge on any atom is 0.138 e. The highest BCUT2D eigenvalue weighted by Crippen LogP contribution is 2.29. The van der Waals surface area contributed by atoms with E-state index in [1.807, 2.05) is 42.5 Å². The van der Waals surface area contributed by atoms with Gasteiger partial charge in [0.25, 0.3) is 0 Å². The zero-order valence-electron chi connectivity index (χ0n) is 12.2. The number of rotatable bonds is 2.